The molecule has 0 atom stereocenters. The van der Waals surface area contributed by atoms with Crippen molar-refractivity contribution in [2.75, 3.05) is 38.2 Å². The van der Waals surface area contributed by atoms with Crippen molar-refractivity contribution in [1.29, 1.82) is 0 Å². The van der Waals surface area contributed by atoms with Crippen LogP contribution in [0, 0.1) is 0 Å². The molecule has 0 aromatic carbocycles. The molecule has 1 aliphatic rings. The molecule has 1 amide bonds. The summed E-state index contributed by atoms with van der Waals surface area (Å²) in [6.07, 6.45) is 1.96. The summed E-state index contributed by atoms with van der Waals surface area (Å²) in [6.45, 7) is 3.64. The van der Waals surface area contributed by atoms with Gasteiger partial charge < -0.3 is 10.2 Å². The number of hydrogen-bond acceptors (Lipinski definition) is 3. The van der Waals surface area contributed by atoms with E-state index in [1.807, 2.05) is 11.2 Å². The first kappa shape index (κ1) is 12.1. The number of hydrogen-bond donors (Lipinski definition) is 1. The van der Waals surface area contributed by atoms with Crippen molar-refractivity contribution in [1.82, 2.24) is 10.2 Å². The minimum Gasteiger partial charge on any atom is -0.339 e. The maximum atomic E-state index is 11.3. The quantitative estimate of drug-likeness (QED) is 0.707. The second-order valence-corrected chi connectivity index (χ2v) is 3.43. The fourth-order valence-corrected chi connectivity index (χ4v) is 1.56. The molecule has 12 heavy (non-hydrogen) atoms. The number of carbonyl (C=O) groups is 1. The summed E-state index contributed by atoms with van der Waals surface area (Å²) in [5, 5.41) is 3.21. The third-order valence-electron chi connectivity index (χ3n) is 1.74. The highest BCUT2D eigenvalue weighted by Gasteiger charge is 2.14. The lowest BCUT2D eigenvalue weighted by atomic mass is 10.3. The number of halogens is 1. The molecular formula is C7H15ClN2OS. The fourth-order valence-electron chi connectivity index (χ4n) is 1.13. The van der Waals surface area contributed by atoms with Crippen molar-refractivity contribution in [3.05, 3.63) is 0 Å². The number of nitrogens with zero attached hydrogens (tertiary/aromatic N) is 1. The van der Waals surface area contributed by atoms with Crippen molar-refractivity contribution >= 4 is 30.1 Å². The van der Waals surface area contributed by atoms with Crippen LogP contribution in [0.15, 0.2) is 0 Å². The van der Waals surface area contributed by atoms with Gasteiger partial charge in [-0.2, -0.15) is 11.8 Å². The van der Waals surface area contributed by atoms with Crippen LogP contribution in [0.2, 0.25) is 0 Å². The van der Waals surface area contributed by atoms with E-state index < -0.39 is 0 Å². The third kappa shape index (κ3) is 3.65. The molecule has 1 N–H and O–H groups in total. The van der Waals surface area contributed by atoms with Crippen LogP contribution >= 0.6 is 24.2 Å². The molecule has 1 aliphatic heterocycles. The minimum atomic E-state index is 0. The standard InChI is InChI=1S/C7H14N2OS.ClH/c1-11-6-7(10)9-4-2-8-3-5-9;/h8H,2-6H2,1H3;1H. The Bertz CT molecular complexity index is 139. The van der Waals surface area contributed by atoms with E-state index in [0.29, 0.717) is 5.75 Å². The molecule has 72 valence electrons. The minimum absolute atomic E-state index is 0. The Balaban J connectivity index is 0.00000121. The van der Waals surface area contributed by atoms with Crippen LogP contribution in [-0.4, -0.2) is 49.0 Å². The molecule has 1 saturated heterocycles. The van der Waals surface area contributed by atoms with Gasteiger partial charge in [0.25, 0.3) is 0 Å². The summed E-state index contributed by atoms with van der Waals surface area (Å²) in [5.41, 5.74) is 0. The number of carbonyl (C=O) groups excluding carboxylic acids is 1. The van der Waals surface area contributed by atoms with Crippen LogP contribution in [0.25, 0.3) is 0 Å². The summed E-state index contributed by atoms with van der Waals surface area (Å²) in [6, 6.07) is 0. The monoisotopic (exact) mass is 210 g/mol. The van der Waals surface area contributed by atoms with E-state index in [2.05, 4.69) is 5.32 Å². The average Bonchev–Trinajstić information content (AvgIpc) is 2.07. The Morgan fingerprint density at radius 2 is 2.08 bits per heavy atom. The molecule has 1 rings (SSSR count). The highest BCUT2D eigenvalue weighted by molar-refractivity contribution is 7.99. The molecule has 0 aliphatic carbocycles. The maximum Gasteiger partial charge on any atom is 0.232 e. The normalized spacial score (nSPS) is 16.9. The molecule has 1 fully saturated rings. The summed E-state index contributed by atoms with van der Waals surface area (Å²) in [7, 11) is 0. The van der Waals surface area contributed by atoms with Crippen molar-refractivity contribution in [2.45, 2.75) is 0 Å². The number of rotatable bonds is 2. The fraction of sp³-hybridized carbons (Fsp3) is 0.857. The Kier molecular flexibility index (Phi) is 6.61. The lowest BCUT2D eigenvalue weighted by Gasteiger charge is -2.27. The molecule has 0 radical (unpaired) electrons. The zero-order valence-corrected chi connectivity index (χ0v) is 8.84. The molecule has 0 aromatic rings. The van der Waals surface area contributed by atoms with Gasteiger partial charge in [0.05, 0.1) is 5.75 Å². The van der Waals surface area contributed by atoms with Gasteiger partial charge in [-0.3, -0.25) is 4.79 Å². The van der Waals surface area contributed by atoms with Crippen LogP contribution in [0.3, 0.4) is 0 Å². The smallest absolute Gasteiger partial charge is 0.232 e. The topological polar surface area (TPSA) is 32.3 Å². The van der Waals surface area contributed by atoms with Crippen LogP contribution in [-0.2, 0) is 4.79 Å². The van der Waals surface area contributed by atoms with E-state index in [0.717, 1.165) is 26.2 Å². The molecule has 0 unspecified atom stereocenters. The van der Waals surface area contributed by atoms with Gasteiger partial charge in [0, 0.05) is 26.2 Å². The molecule has 5 heteroatoms. The third-order valence-corrected chi connectivity index (χ3v) is 2.27. The van der Waals surface area contributed by atoms with E-state index in [1.54, 1.807) is 11.8 Å². The predicted molar refractivity (Wildman–Crippen MR) is 55.1 cm³/mol. The van der Waals surface area contributed by atoms with Gasteiger partial charge in [0.15, 0.2) is 0 Å². The number of thioether (sulfide) groups is 1. The van der Waals surface area contributed by atoms with Gasteiger partial charge in [-0.25, -0.2) is 0 Å². The maximum absolute atomic E-state index is 11.3. The summed E-state index contributed by atoms with van der Waals surface area (Å²) in [4.78, 5) is 13.2. The van der Waals surface area contributed by atoms with Crippen molar-refractivity contribution < 1.29 is 4.79 Å². The van der Waals surface area contributed by atoms with Crippen LogP contribution in [0.1, 0.15) is 0 Å². The molecule has 0 saturated carbocycles. The van der Waals surface area contributed by atoms with Gasteiger partial charge in [-0.15, -0.1) is 12.4 Å². The molecule has 0 bridgehead atoms. The molecule has 0 spiro atoms. The highest BCUT2D eigenvalue weighted by Crippen LogP contribution is 1.98. The van der Waals surface area contributed by atoms with E-state index in [4.69, 9.17) is 0 Å². The van der Waals surface area contributed by atoms with Crippen LogP contribution < -0.4 is 5.32 Å². The molecule has 3 nitrogen and oxygen atoms in total. The van der Waals surface area contributed by atoms with E-state index in [9.17, 15) is 4.79 Å². The van der Waals surface area contributed by atoms with Gasteiger partial charge in [0.1, 0.15) is 0 Å². The summed E-state index contributed by atoms with van der Waals surface area (Å²) < 4.78 is 0. The van der Waals surface area contributed by atoms with Crippen LogP contribution in [0.4, 0.5) is 0 Å². The lowest BCUT2D eigenvalue weighted by Crippen LogP contribution is -2.47. The van der Waals surface area contributed by atoms with Gasteiger partial charge in [-0.1, -0.05) is 0 Å². The van der Waals surface area contributed by atoms with Gasteiger partial charge in [0.2, 0.25) is 5.91 Å². The zero-order chi connectivity index (χ0) is 8.10. The van der Waals surface area contributed by atoms with E-state index >= 15 is 0 Å². The van der Waals surface area contributed by atoms with Crippen molar-refractivity contribution in [3.63, 3.8) is 0 Å². The molecule has 0 aromatic heterocycles. The molecule has 1 heterocycles. The Morgan fingerprint density at radius 3 is 2.58 bits per heavy atom. The number of amides is 1. The SMILES string of the molecule is CSCC(=O)N1CCNCC1.Cl. The number of nitrogens with one attached hydrogen (secondary N) is 1. The van der Waals surface area contributed by atoms with E-state index in [1.165, 1.54) is 0 Å². The summed E-state index contributed by atoms with van der Waals surface area (Å²) in [5.74, 6) is 0.902. The second kappa shape index (κ2) is 6.57. The first-order chi connectivity index (χ1) is 5.34. The Hall–Kier alpha value is 0.0700. The molecular weight excluding hydrogens is 196 g/mol. The van der Waals surface area contributed by atoms with Crippen LogP contribution in [0.5, 0.6) is 0 Å². The van der Waals surface area contributed by atoms with Gasteiger partial charge in [-0.05, 0) is 6.26 Å². The first-order valence-electron chi connectivity index (χ1n) is 3.82. The lowest BCUT2D eigenvalue weighted by molar-refractivity contribution is -0.128. The van der Waals surface area contributed by atoms with Crippen molar-refractivity contribution in [3.8, 4) is 0 Å². The summed E-state index contributed by atoms with van der Waals surface area (Å²) >= 11 is 1.59. The Morgan fingerprint density at radius 1 is 1.50 bits per heavy atom. The average molecular weight is 211 g/mol. The Labute approximate surface area is 83.7 Å². The van der Waals surface area contributed by atoms with Gasteiger partial charge >= 0.3 is 0 Å². The van der Waals surface area contributed by atoms with Crippen molar-refractivity contribution in [2.24, 2.45) is 0 Å². The number of piperazine rings is 1. The van der Waals surface area contributed by atoms with E-state index in [-0.39, 0.29) is 18.3 Å². The second-order valence-electron chi connectivity index (χ2n) is 2.56. The largest absolute Gasteiger partial charge is 0.339 e. The zero-order valence-electron chi connectivity index (χ0n) is 7.21. The highest BCUT2D eigenvalue weighted by atomic mass is 35.5. The first-order valence-corrected chi connectivity index (χ1v) is 5.21. The predicted octanol–water partition coefficient (Wildman–Crippen LogP) is 0.203.